The summed E-state index contributed by atoms with van der Waals surface area (Å²) < 4.78 is 5.11. The lowest BCUT2D eigenvalue weighted by atomic mass is 9.99. The molecule has 8 nitrogen and oxygen atoms in total. The van der Waals surface area contributed by atoms with Crippen LogP contribution in [-0.4, -0.2) is 53.3 Å². The highest BCUT2D eigenvalue weighted by Crippen LogP contribution is 2.29. The predicted molar refractivity (Wildman–Crippen MR) is 108 cm³/mol. The molecule has 0 aliphatic carbocycles. The summed E-state index contributed by atoms with van der Waals surface area (Å²) in [5, 5.41) is 15.1. The number of hydrogen-bond donors (Lipinski definition) is 2. The van der Waals surface area contributed by atoms with Crippen LogP contribution in [0, 0.1) is 0 Å². The first kappa shape index (κ1) is 20.1. The van der Waals surface area contributed by atoms with Gasteiger partial charge in [0.1, 0.15) is 10.8 Å². The summed E-state index contributed by atoms with van der Waals surface area (Å²) in [6.07, 6.45) is 1.84. The summed E-state index contributed by atoms with van der Waals surface area (Å²) in [4.78, 5) is 26.5. The molecule has 1 saturated heterocycles. The van der Waals surface area contributed by atoms with E-state index in [0.717, 1.165) is 30.1 Å². The first-order valence-corrected chi connectivity index (χ1v) is 10.1. The van der Waals surface area contributed by atoms with Gasteiger partial charge in [-0.25, -0.2) is 4.79 Å². The van der Waals surface area contributed by atoms with Gasteiger partial charge >= 0.3 is 6.03 Å². The molecule has 9 heteroatoms. The van der Waals surface area contributed by atoms with Gasteiger partial charge in [-0.05, 0) is 51.0 Å². The fraction of sp³-hybridized carbons (Fsp3) is 0.474. The van der Waals surface area contributed by atoms with Crippen molar-refractivity contribution >= 4 is 29.0 Å². The number of carbonyl (C=O) groups is 2. The van der Waals surface area contributed by atoms with Gasteiger partial charge in [0.2, 0.25) is 5.01 Å². The normalized spacial score (nSPS) is 16.7. The van der Waals surface area contributed by atoms with E-state index in [1.54, 1.807) is 31.4 Å². The minimum Gasteiger partial charge on any atom is -0.497 e. The van der Waals surface area contributed by atoms with E-state index < -0.39 is 0 Å². The number of amides is 3. The number of nitrogens with one attached hydrogen (secondary N) is 2. The van der Waals surface area contributed by atoms with Crippen LogP contribution in [0.5, 0.6) is 5.75 Å². The Hall–Kier alpha value is -2.68. The van der Waals surface area contributed by atoms with Crippen molar-refractivity contribution in [2.24, 2.45) is 0 Å². The third-order valence-corrected chi connectivity index (χ3v) is 5.54. The average Bonchev–Trinajstić information content (AvgIpc) is 3.18. The number of urea groups is 1. The molecule has 2 N–H and O–H groups in total. The minimum atomic E-state index is -0.292. The lowest BCUT2D eigenvalue weighted by Crippen LogP contribution is -2.46. The Morgan fingerprint density at radius 2 is 2.00 bits per heavy atom. The van der Waals surface area contributed by atoms with Gasteiger partial charge < -0.3 is 20.3 Å². The topological polar surface area (TPSA) is 96.4 Å². The van der Waals surface area contributed by atoms with E-state index in [4.69, 9.17) is 4.74 Å². The molecule has 0 unspecified atom stereocenters. The molecular formula is C19H25N5O3S. The van der Waals surface area contributed by atoms with Gasteiger partial charge in [-0.1, -0.05) is 11.3 Å². The molecule has 0 bridgehead atoms. The van der Waals surface area contributed by atoms with E-state index in [0.29, 0.717) is 17.2 Å². The van der Waals surface area contributed by atoms with Crippen LogP contribution in [0.15, 0.2) is 24.3 Å². The number of aromatic nitrogens is 2. The van der Waals surface area contributed by atoms with Gasteiger partial charge in [0.25, 0.3) is 5.91 Å². The van der Waals surface area contributed by atoms with Crippen molar-refractivity contribution in [2.75, 3.05) is 25.5 Å². The van der Waals surface area contributed by atoms with Crippen LogP contribution in [0.3, 0.4) is 0 Å². The average molecular weight is 404 g/mol. The summed E-state index contributed by atoms with van der Waals surface area (Å²) in [6, 6.07) is 7.14. The lowest BCUT2D eigenvalue weighted by molar-refractivity contribution is 0.102. The molecular weight excluding hydrogens is 378 g/mol. The zero-order valence-corrected chi connectivity index (χ0v) is 17.1. The number of likely N-dealkylation sites (tertiary alicyclic amines) is 1. The van der Waals surface area contributed by atoms with E-state index >= 15 is 0 Å². The molecule has 3 amide bonds. The second-order valence-corrected chi connectivity index (χ2v) is 8.03. The van der Waals surface area contributed by atoms with Crippen molar-refractivity contribution < 1.29 is 14.3 Å². The van der Waals surface area contributed by atoms with Gasteiger partial charge in [-0.15, -0.1) is 10.2 Å². The van der Waals surface area contributed by atoms with Crippen LogP contribution in [0.2, 0.25) is 0 Å². The number of benzene rings is 1. The Balaban J connectivity index is 1.62. The maximum Gasteiger partial charge on any atom is 0.317 e. The van der Waals surface area contributed by atoms with Gasteiger partial charge in [-0.2, -0.15) is 0 Å². The molecule has 1 aromatic carbocycles. The molecule has 2 heterocycles. The molecule has 1 aromatic heterocycles. The van der Waals surface area contributed by atoms with Crippen molar-refractivity contribution in [2.45, 2.75) is 38.6 Å². The van der Waals surface area contributed by atoms with E-state index in [9.17, 15) is 9.59 Å². The van der Waals surface area contributed by atoms with Gasteiger partial charge in [0, 0.05) is 30.7 Å². The van der Waals surface area contributed by atoms with E-state index in [1.807, 2.05) is 18.7 Å². The molecule has 3 rings (SSSR count). The number of rotatable bonds is 5. The highest BCUT2D eigenvalue weighted by atomic mass is 32.1. The zero-order chi connectivity index (χ0) is 20.1. The fourth-order valence-electron chi connectivity index (χ4n) is 3.05. The Labute approximate surface area is 168 Å². The number of hydrogen-bond acceptors (Lipinski definition) is 6. The monoisotopic (exact) mass is 403 g/mol. The third-order valence-electron chi connectivity index (χ3n) is 4.45. The molecule has 0 spiro atoms. The van der Waals surface area contributed by atoms with E-state index in [2.05, 4.69) is 20.8 Å². The largest absolute Gasteiger partial charge is 0.497 e. The van der Waals surface area contributed by atoms with Crippen LogP contribution < -0.4 is 15.4 Å². The second-order valence-electron chi connectivity index (χ2n) is 7.02. The molecule has 28 heavy (non-hydrogen) atoms. The smallest absolute Gasteiger partial charge is 0.317 e. The maximum atomic E-state index is 12.4. The fourth-order valence-corrected chi connectivity index (χ4v) is 3.92. The van der Waals surface area contributed by atoms with E-state index in [1.165, 1.54) is 11.3 Å². The van der Waals surface area contributed by atoms with Crippen LogP contribution in [0.25, 0.3) is 0 Å². The van der Waals surface area contributed by atoms with Crippen LogP contribution >= 0.6 is 11.3 Å². The summed E-state index contributed by atoms with van der Waals surface area (Å²) in [6.45, 7) is 5.21. The number of piperidine rings is 1. The second kappa shape index (κ2) is 9.01. The Morgan fingerprint density at radius 1 is 1.25 bits per heavy atom. The lowest BCUT2D eigenvalue weighted by Gasteiger charge is -2.32. The van der Waals surface area contributed by atoms with Crippen molar-refractivity contribution in [3.05, 3.63) is 34.3 Å². The van der Waals surface area contributed by atoms with Crippen molar-refractivity contribution in [3.63, 3.8) is 0 Å². The van der Waals surface area contributed by atoms with Crippen molar-refractivity contribution in [3.8, 4) is 5.75 Å². The van der Waals surface area contributed by atoms with Gasteiger partial charge in [-0.3, -0.25) is 4.79 Å². The summed E-state index contributed by atoms with van der Waals surface area (Å²) >= 11 is 1.28. The molecule has 0 saturated carbocycles. The Kier molecular flexibility index (Phi) is 6.45. The molecule has 1 aliphatic heterocycles. The van der Waals surface area contributed by atoms with Gasteiger partial charge in [0.05, 0.1) is 7.11 Å². The molecule has 2 aromatic rings. The first-order valence-electron chi connectivity index (χ1n) is 9.30. The molecule has 1 fully saturated rings. The summed E-state index contributed by atoms with van der Waals surface area (Å²) in [7, 11) is 1.59. The highest BCUT2D eigenvalue weighted by Gasteiger charge is 2.28. The van der Waals surface area contributed by atoms with Crippen LogP contribution in [-0.2, 0) is 0 Å². The standard InChI is InChI=1S/C19H25N5O3S/c1-12(2)20-19(26)24-10-4-5-13(11-24)17-22-23-18(28-17)16(25)21-14-6-8-15(27-3)9-7-14/h6-9,12-13H,4-5,10-11H2,1-3H3,(H,20,26)(H,21,25)/t13-/m0/s1. The van der Waals surface area contributed by atoms with Crippen LogP contribution in [0.4, 0.5) is 10.5 Å². The molecule has 150 valence electrons. The Bertz CT molecular complexity index is 821. The van der Waals surface area contributed by atoms with Crippen molar-refractivity contribution in [1.29, 1.82) is 0 Å². The number of nitrogens with zero attached hydrogens (tertiary/aromatic N) is 3. The number of ether oxygens (including phenoxy) is 1. The summed E-state index contributed by atoms with van der Waals surface area (Å²) in [5.74, 6) is 0.533. The first-order chi connectivity index (χ1) is 13.5. The summed E-state index contributed by atoms with van der Waals surface area (Å²) in [5.41, 5.74) is 0.664. The Morgan fingerprint density at radius 3 is 2.68 bits per heavy atom. The quantitative estimate of drug-likeness (QED) is 0.800. The SMILES string of the molecule is COc1ccc(NC(=O)c2nnc([C@H]3CCCN(C(=O)NC(C)C)C3)s2)cc1. The minimum absolute atomic E-state index is 0.0540. The maximum absolute atomic E-state index is 12.4. The van der Waals surface area contributed by atoms with Crippen LogP contribution in [0.1, 0.15) is 47.4 Å². The van der Waals surface area contributed by atoms with Gasteiger partial charge in [0.15, 0.2) is 0 Å². The predicted octanol–water partition coefficient (Wildman–Crippen LogP) is 3.10. The number of anilines is 1. The number of methoxy groups -OCH3 is 1. The number of carbonyl (C=O) groups excluding carboxylic acids is 2. The molecule has 1 aliphatic rings. The third kappa shape index (κ3) is 4.98. The zero-order valence-electron chi connectivity index (χ0n) is 16.3. The van der Waals surface area contributed by atoms with Crippen molar-refractivity contribution in [1.82, 2.24) is 20.4 Å². The highest BCUT2D eigenvalue weighted by molar-refractivity contribution is 7.13. The molecule has 1 atom stereocenters. The van der Waals surface area contributed by atoms with E-state index in [-0.39, 0.29) is 23.9 Å². The molecule has 0 radical (unpaired) electrons.